The third kappa shape index (κ3) is 14.7. The molecule has 0 bridgehead atoms. The van der Waals surface area contributed by atoms with Crippen LogP contribution in [0.3, 0.4) is 0 Å². The molecule has 84 valence electrons. The normalized spacial score (nSPS) is 10.4. The molecule has 0 aromatic heterocycles. The van der Waals surface area contributed by atoms with Gasteiger partial charge in [0.2, 0.25) is 0 Å². The van der Waals surface area contributed by atoms with Gasteiger partial charge >= 0.3 is 17.9 Å². The number of allylic oxidation sites excluding steroid dienone is 1. The van der Waals surface area contributed by atoms with E-state index in [9.17, 15) is 14.4 Å². The summed E-state index contributed by atoms with van der Waals surface area (Å²) in [6, 6.07) is 0. The first kappa shape index (κ1) is 15.4. The molecule has 6 nitrogen and oxygen atoms in total. The smallest absolute Gasteiger partial charge is 0.331 e. The minimum absolute atomic E-state index is 0.178. The predicted molar refractivity (Wildman–Crippen MR) is 51.5 cm³/mol. The van der Waals surface area contributed by atoms with Crippen LogP contribution in [0.5, 0.6) is 0 Å². The van der Waals surface area contributed by atoms with Crippen molar-refractivity contribution in [2.24, 2.45) is 0 Å². The van der Waals surface area contributed by atoms with Crippen molar-refractivity contribution < 1.29 is 29.7 Å². The van der Waals surface area contributed by atoms with Gasteiger partial charge in [-0.2, -0.15) is 0 Å². The highest BCUT2D eigenvalue weighted by Crippen LogP contribution is 1.89. The Morgan fingerprint density at radius 1 is 1.00 bits per heavy atom. The first-order valence-corrected chi connectivity index (χ1v) is 3.81. The minimum atomic E-state index is -1.24. The average Bonchev–Trinajstić information content (AvgIpc) is 2.03. The molecule has 0 saturated heterocycles. The maximum absolute atomic E-state index is 9.90. The number of hydrogen-bond acceptors (Lipinski definition) is 3. The molecule has 0 unspecified atom stereocenters. The van der Waals surface area contributed by atoms with Gasteiger partial charge in [0.25, 0.3) is 0 Å². The van der Waals surface area contributed by atoms with Gasteiger partial charge in [0.05, 0.1) is 0 Å². The second kappa shape index (κ2) is 8.49. The van der Waals surface area contributed by atoms with Crippen molar-refractivity contribution in [1.82, 2.24) is 0 Å². The largest absolute Gasteiger partial charge is 0.478 e. The second-order valence-corrected chi connectivity index (χ2v) is 2.31. The Morgan fingerprint density at radius 3 is 1.53 bits per heavy atom. The molecule has 0 saturated carbocycles. The molecule has 6 heteroatoms. The molecule has 3 N–H and O–H groups in total. The van der Waals surface area contributed by atoms with E-state index in [1.165, 1.54) is 13.0 Å². The summed E-state index contributed by atoms with van der Waals surface area (Å²) >= 11 is 0. The van der Waals surface area contributed by atoms with E-state index < -0.39 is 17.9 Å². The third-order valence-electron chi connectivity index (χ3n) is 0.987. The van der Waals surface area contributed by atoms with Gasteiger partial charge in [-0.25, -0.2) is 14.4 Å². The van der Waals surface area contributed by atoms with Crippen molar-refractivity contribution >= 4 is 17.9 Å². The van der Waals surface area contributed by atoms with Gasteiger partial charge < -0.3 is 15.3 Å². The molecule has 0 radical (unpaired) electrons. The molecule has 15 heavy (non-hydrogen) atoms. The summed E-state index contributed by atoms with van der Waals surface area (Å²) in [7, 11) is 0. The van der Waals surface area contributed by atoms with Crippen LogP contribution in [0.4, 0.5) is 0 Å². The van der Waals surface area contributed by atoms with Crippen molar-refractivity contribution in [3.63, 3.8) is 0 Å². The lowest BCUT2D eigenvalue weighted by Gasteiger charge is -1.86. The number of carboxylic acid groups (broad SMARTS) is 3. The van der Waals surface area contributed by atoms with Crippen LogP contribution in [-0.2, 0) is 14.4 Å². The number of carboxylic acids is 3. The van der Waals surface area contributed by atoms with Crippen LogP contribution in [0.25, 0.3) is 0 Å². The van der Waals surface area contributed by atoms with E-state index in [-0.39, 0.29) is 5.57 Å². The van der Waals surface area contributed by atoms with Crippen molar-refractivity contribution in [3.8, 4) is 0 Å². The third-order valence-corrected chi connectivity index (χ3v) is 0.987. The first-order chi connectivity index (χ1) is 6.81. The van der Waals surface area contributed by atoms with Crippen molar-refractivity contribution in [1.29, 1.82) is 0 Å². The Balaban J connectivity index is 0. The molecule has 0 spiro atoms. The van der Waals surface area contributed by atoms with Gasteiger partial charge in [-0.1, -0.05) is 6.08 Å². The van der Waals surface area contributed by atoms with Gasteiger partial charge in [-0.15, -0.1) is 0 Å². The van der Waals surface area contributed by atoms with Crippen LogP contribution in [0.1, 0.15) is 13.8 Å². The van der Waals surface area contributed by atoms with Crippen molar-refractivity contribution in [2.75, 3.05) is 0 Å². The molecule has 0 aliphatic carbocycles. The SMILES string of the molecule is C/C(=C\C(=O)O)C(=O)O.C/C=C/C(=O)O. The van der Waals surface area contributed by atoms with Gasteiger partial charge in [-0.3, -0.25) is 0 Å². The van der Waals surface area contributed by atoms with E-state index in [4.69, 9.17) is 15.3 Å². The molecule has 0 rings (SSSR count). The number of carbonyl (C=O) groups is 3. The van der Waals surface area contributed by atoms with E-state index in [1.807, 2.05) is 0 Å². The molecule has 0 aromatic rings. The van der Waals surface area contributed by atoms with Crippen LogP contribution in [0, 0.1) is 0 Å². The molecular weight excluding hydrogens is 204 g/mol. The maximum Gasteiger partial charge on any atom is 0.331 e. The topological polar surface area (TPSA) is 112 Å². The summed E-state index contributed by atoms with van der Waals surface area (Å²) in [6.07, 6.45) is 3.20. The van der Waals surface area contributed by atoms with Crippen molar-refractivity contribution in [3.05, 3.63) is 23.8 Å². The zero-order valence-electron chi connectivity index (χ0n) is 8.30. The minimum Gasteiger partial charge on any atom is -0.478 e. The summed E-state index contributed by atoms with van der Waals surface area (Å²) in [4.78, 5) is 29.2. The number of aliphatic carboxylic acids is 3. The maximum atomic E-state index is 9.90. The second-order valence-electron chi connectivity index (χ2n) is 2.31. The molecule has 0 aliphatic heterocycles. The van der Waals surface area contributed by atoms with Gasteiger partial charge in [0.15, 0.2) is 0 Å². The highest BCUT2D eigenvalue weighted by atomic mass is 16.4. The average molecular weight is 216 g/mol. The highest BCUT2D eigenvalue weighted by Gasteiger charge is 2.00. The Morgan fingerprint density at radius 2 is 1.47 bits per heavy atom. The Kier molecular flexibility index (Phi) is 8.69. The van der Waals surface area contributed by atoms with E-state index in [0.29, 0.717) is 6.08 Å². The fourth-order valence-electron chi connectivity index (χ4n) is 0.390. The lowest BCUT2D eigenvalue weighted by atomic mass is 10.3. The summed E-state index contributed by atoms with van der Waals surface area (Å²) in [6.45, 7) is 2.88. The first-order valence-electron chi connectivity index (χ1n) is 3.81. The highest BCUT2D eigenvalue weighted by molar-refractivity contribution is 5.93. The van der Waals surface area contributed by atoms with Crippen LogP contribution >= 0.6 is 0 Å². The monoisotopic (exact) mass is 216 g/mol. The lowest BCUT2D eigenvalue weighted by molar-refractivity contribution is -0.135. The van der Waals surface area contributed by atoms with E-state index in [0.717, 1.165) is 6.08 Å². The Bertz CT molecular complexity index is 300. The number of hydrogen-bond donors (Lipinski definition) is 3. The van der Waals surface area contributed by atoms with E-state index in [1.54, 1.807) is 6.92 Å². The van der Waals surface area contributed by atoms with Crippen molar-refractivity contribution in [2.45, 2.75) is 13.8 Å². The Labute approximate surface area is 86.2 Å². The Hall–Kier alpha value is -2.11. The summed E-state index contributed by atoms with van der Waals surface area (Å²) in [5, 5.41) is 23.9. The fourth-order valence-corrected chi connectivity index (χ4v) is 0.390. The zero-order valence-corrected chi connectivity index (χ0v) is 8.30. The molecule has 0 aromatic carbocycles. The molecule has 0 amide bonds. The summed E-state index contributed by atoms with van der Waals surface area (Å²) in [5.41, 5.74) is -0.178. The summed E-state index contributed by atoms with van der Waals surface area (Å²) in [5.74, 6) is -3.34. The lowest BCUT2D eigenvalue weighted by Crippen LogP contribution is -1.99. The van der Waals surface area contributed by atoms with E-state index >= 15 is 0 Å². The van der Waals surface area contributed by atoms with Crippen LogP contribution in [0.2, 0.25) is 0 Å². The summed E-state index contributed by atoms with van der Waals surface area (Å²) < 4.78 is 0. The number of rotatable bonds is 3. The molecule has 0 heterocycles. The fraction of sp³-hybridized carbons (Fsp3) is 0.222. The zero-order chi connectivity index (χ0) is 12.4. The van der Waals surface area contributed by atoms with E-state index in [2.05, 4.69) is 0 Å². The molecule has 0 atom stereocenters. The van der Waals surface area contributed by atoms with Crippen LogP contribution in [0.15, 0.2) is 23.8 Å². The quantitative estimate of drug-likeness (QED) is 0.600. The molecular formula is C9H12O6. The van der Waals surface area contributed by atoms with Gasteiger partial charge in [0, 0.05) is 17.7 Å². The standard InChI is InChI=1S/C5H6O4.C4H6O2/c1-3(5(8)9)2-4(6)7;1-2-3-4(5)6/h2H,1H3,(H,6,7)(H,8,9);2-3H,1H3,(H,5,6)/b2*3-2+. The van der Waals surface area contributed by atoms with Crippen LogP contribution in [-0.4, -0.2) is 33.2 Å². The van der Waals surface area contributed by atoms with Gasteiger partial charge in [0.1, 0.15) is 0 Å². The van der Waals surface area contributed by atoms with Gasteiger partial charge in [-0.05, 0) is 13.8 Å². The molecule has 0 fully saturated rings. The predicted octanol–water partition coefficient (Wildman–Crippen LogP) is 0.749. The van der Waals surface area contributed by atoms with Crippen LogP contribution < -0.4 is 0 Å². The molecule has 0 aliphatic rings.